The van der Waals surface area contributed by atoms with Gasteiger partial charge in [0.15, 0.2) is 0 Å². The van der Waals surface area contributed by atoms with Crippen LogP contribution in [0.1, 0.15) is 66.2 Å². The Morgan fingerprint density at radius 1 is 0.914 bits per heavy atom. The molecule has 2 aromatic carbocycles. The average molecular weight is 499 g/mol. The van der Waals surface area contributed by atoms with Crippen LogP contribution in [-0.4, -0.2) is 17.6 Å². The molecule has 0 aliphatic carbocycles. The van der Waals surface area contributed by atoms with Gasteiger partial charge in [-0.2, -0.15) is 26.3 Å². The van der Waals surface area contributed by atoms with E-state index in [2.05, 4.69) is 4.98 Å². The van der Waals surface area contributed by atoms with Crippen LogP contribution in [0.2, 0.25) is 0 Å². The molecule has 3 rings (SSSR count). The van der Waals surface area contributed by atoms with Crippen LogP contribution in [0.5, 0.6) is 0 Å². The lowest BCUT2D eigenvalue weighted by atomic mass is 9.77. The third-order valence-electron chi connectivity index (χ3n) is 5.84. The number of carbonyl (C=O) groups excluding carboxylic acids is 1. The van der Waals surface area contributed by atoms with Gasteiger partial charge in [-0.1, -0.05) is 31.2 Å². The van der Waals surface area contributed by atoms with E-state index in [0.717, 1.165) is 24.3 Å². The van der Waals surface area contributed by atoms with Crippen molar-refractivity contribution in [1.29, 1.82) is 0 Å². The number of halogens is 6. The van der Waals surface area contributed by atoms with E-state index >= 15 is 0 Å². The first kappa shape index (κ1) is 26.3. The predicted octanol–water partition coefficient (Wildman–Crippen LogP) is 7.34. The zero-order valence-corrected chi connectivity index (χ0v) is 18.9. The van der Waals surface area contributed by atoms with Crippen LogP contribution in [0.15, 0.2) is 65.4 Å². The maximum atomic E-state index is 13.1. The number of benzene rings is 2. The molecule has 4 nitrogen and oxygen atoms in total. The Bertz CT molecular complexity index is 1090. The summed E-state index contributed by atoms with van der Waals surface area (Å²) < 4.78 is 88.8. The summed E-state index contributed by atoms with van der Waals surface area (Å²) in [5.74, 6) is -2.54. The van der Waals surface area contributed by atoms with E-state index in [1.165, 1.54) is 36.7 Å². The molecule has 0 saturated carbocycles. The molecule has 0 amide bonds. The first-order valence-corrected chi connectivity index (χ1v) is 10.8. The molecule has 0 spiro atoms. The highest BCUT2D eigenvalue weighted by Gasteiger charge is 2.35. The summed E-state index contributed by atoms with van der Waals surface area (Å²) in [7, 11) is 0. The lowest BCUT2D eigenvalue weighted by Crippen LogP contribution is -2.21. The van der Waals surface area contributed by atoms with Gasteiger partial charge in [-0.3, -0.25) is 4.79 Å². The first-order chi connectivity index (χ1) is 16.4. The predicted molar refractivity (Wildman–Crippen MR) is 115 cm³/mol. The number of hydrogen-bond donors (Lipinski definition) is 0. The first-order valence-electron chi connectivity index (χ1n) is 10.8. The van der Waals surface area contributed by atoms with E-state index in [1.54, 1.807) is 13.8 Å². The highest BCUT2D eigenvalue weighted by molar-refractivity contribution is 5.77. The third kappa shape index (κ3) is 6.43. The molecule has 3 aromatic rings. The van der Waals surface area contributed by atoms with Crippen molar-refractivity contribution in [3.05, 3.63) is 89.1 Å². The number of ether oxygens (including phenoxy) is 1. The molecule has 1 heterocycles. The number of aromatic nitrogens is 1. The van der Waals surface area contributed by atoms with Crippen molar-refractivity contribution >= 4 is 5.97 Å². The number of rotatable bonds is 8. The van der Waals surface area contributed by atoms with Crippen LogP contribution < -0.4 is 0 Å². The summed E-state index contributed by atoms with van der Waals surface area (Å²) in [5, 5.41) is 0. The normalized spacial score (nSPS) is 14.9. The fourth-order valence-corrected chi connectivity index (χ4v) is 3.96. The molecule has 3 unspecified atom stereocenters. The Morgan fingerprint density at radius 3 is 1.86 bits per heavy atom. The zero-order chi connectivity index (χ0) is 25.8. The third-order valence-corrected chi connectivity index (χ3v) is 5.84. The van der Waals surface area contributed by atoms with Gasteiger partial charge in [-0.05, 0) is 60.6 Å². The molecule has 0 aliphatic rings. The van der Waals surface area contributed by atoms with Gasteiger partial charge in [-0.25, -0.2) is 4.98 Å². The molecule has 0 aliphatic heterocycles. The smallest absolute Gasteiger partial charge is 0.416 e. The van der Waals surface area contributed by atoms with E-state index in [0.29, 0.717) is 11.1 Å². The largest absolute Gasteiger partial charge is 0.465 e. The van der Waals surface area contributed by atoms with Gasteiger partial charge in [0, 0.05) is 0 Å². The van der Waals surface area contributed by atoms with E-state index in [9.17, 15) is 31.1 Å². The van der Waals surface area contributed by atoms with Crippen molar-refractivity contribution in [1.82, 2.24) is 4.98 Å². The Balaban J connectivity index is 2.01. The number of oxazole rings is 1. The maximum Gasteiger partial charge on any atom is 0.416 e. The number of esters is 1. The summed E-state index contributed by atoms with van der Waals surface area (Å²) in [4.78, 5) is 16.8. The van der Waals surface area contributed by atoms with Crippen molar-refractivity contribution in [3.63, 3.8) is 0 Å². The van der Waals surface area contributed by atoms with Crippen LogP contribution >= 0.6 is 0 Å². The van der Waals surface area contributed by atoms with Crippen LogP contribution in [0.25, 0.3) is 0 Å². The second kappa shape index (κ2) is 10.5. The Labute approximate surface area is 197 Å². The Morgan fingerprint density at radius 2 is 1.43 bits per heavy atom. The van der Waals surface area contributed by atoms with E-state index < -0.39 is 47.2 Å². The van der Waals surface area contributed by atoms with Crippen LogP contribution in [-0.2, 0) is 21.9 Å². The SMILES string of the molecule is CCOC(=O)C(CC(c1ccc(C(F)(F)F)cc1)C(C)c1ccc(C(F)(F)F)cc1)c1ncco1. The molecule has 0 bridgehead atoms. The average Bonchev–Trinajstić information content (AvgIpc) is 3.33. The van der Waals surface area contributed by atoms with Gasteiger partial charge >= 0.3 is 18.3 Å². The molecule has 0 saturated heterocycles. The van der Waals surface area contributed by atoms with Gasteiger partial charge in [0.2, 0.25) is 5.89 Å². The van der Waals surface area contributed by atoms with Crippen LogP contribution in [0.3, 0.4) is 0 Å². The minimum Gasteiger partial charge on any atom is -0.465 e. The lowest BCUT2D eigenvalue weighted by Gasteiger charge is -2.28. The van der Waals surface area contributed by atoms with Gasteiger partial charge in [-0.15, -0.1) is 0 Å². The molecule has 1 aromatic heterocycles. The van der Waals surface area contributed by atoms with Gasteiger partial charge in [0.1, 0.15) is 12.2 Å². The molecular weight excluding hydrogens is 476 g/mol. The van der Waals surface area contributed by atoms with Crippen molar-refractivity contribution < 1.29 is 40.3 Å². The lowest BCUT2D eigenvalue weighted by molar-refractivity contribution is -0.146. The molecule has 0 fully saturated rings. The Hall–Kier alpha value is -3.30. The highest BCUT2D eigenvalue weighted by atomic mass is 19.4. The number of alkyl halides is 6. The number of nitrogens with zero attached hydrogens (tertiary/aromatic N) is 1. The van der Waals surface area contributed by atoms with E-state index in [-0.39, 0.29) is 18.9 Å². The van der Waals surface area contributed by atoms with Crippen molar-refractivity contribution in [3.8, 4) is 0 Å². The van der Waals surface area contributed by atoms with Gasteiger partial charge < -0.3 is 9.15 Å². The fraction of sp³-hybridized carbons (Fsp3) is 0.360. The molecular formula is C25H23F6NO3. The molecule has 3 atom stereocenters. The van der Waals surface area contributed by atoms with Crippen molar-refractivity contribution in [2.75, 3.05) is 6.61 Å². The minimum atomic E-state index is -4.53. The zero-order valence-electron chi connectivity index (χ0n) is 18.9. The van der Waals surface area contributed by atoms with Gasteiger partial charge in [0.05, 0.1) is 23.9 Å². The van der Waals surface area contributed by atoms with Crippen LogP contribution in [0, 0.1) is 0 Å². The second-order valence-electron chi connectivity index (χ2n) is 8.05. The number of hydrogen-bond acceptors (Lipinski definition) is 4. The number of carbonyl (C=O) groups is 1. The van der Waals surface area contributed by atoms with Crippen molar-refractivity contribution in [2.24, 2.45) is 0 Å². The minimum absolute atomic E-state index is 0.0485. The quantitative estimate of drug-likeness (QED) is 0.240. The summed E-state index contributed by atoms with van der Waals surface area (Å²) >= 11 is 0. The summed E-state index contributed by atoms with van der Waals surface area (Å²) in [6.45, 7) is 3.46. The summed E-state index contributed by atoms with van der Waals surface area (Å²) in [6, 6.07) is 9.06. The molecule has 0 N–H and O–H groups in total. The molecule has 0 radical (unpaired) electrons. The fourth-order valence-electron chi connectivity index (χ4n) is 3.96. The summed E-state index contributed by atoms with van der Waals surface area (Å²) in [6.07, 6.45) is -6.35. The second-order valence-corrected chi connectivity index (χ2v) is 8.05. The molecule has 188 valence electrons. The summed E-state index contributed by atoms with van der Waals surface area (Å²) in [5.41, 5.74) is -0.648. The van der Waals surface area contributed by atoms with E-state index in [1.807, 2.05) is 0 Å². The monoisotopic (exact) mass is 499 g/mol. The molecule has 35 heavy (non-hydrogen) atoms. The van der Waals surface area contributed by atoms with Crippen LogP contribution in [0.4, 0.5) is 26.3 Å². The van der Waals surface area contributed by atoms with E-state index in [4.69, 9.17) is 9.15 Å². The topological polar surface area (TPSA) is 52.3 Å². The molecule has 10 heteroatoms. The van der Waals surface area contributed by atoms with Gasteiger partial charge in [0.25, 0.3) is 0 Å². The standard InChI is InChI=1S/C25H23F6NO3/c1-3-34-23(33)21(22-32-12-13-35-22)14-20(17-6-10-19(11-7-17)25(29,30)31)15(2)16-4-8-18(9-5-16)24(26,27)28/h4-13,15,20-21H,3,14H2,1-2H3. The maximum absolute atomic E-state index is 13.1. The Kier molecular flexibility index (Phi) is 7.92. The van der Waals surface area contributed by atoms with Crippen molar-refractivity contribution in [2.45, 2.75) is 50.4 Å². The highest BCUT2D eigenvalue weighted by Crippen LogP contribution is 2.42.